The highest BCUT2D eigenvalue weighted by Gasteiger charge is 2.16. The number of rotatable bonds is 5. The molecule has 0 unspecified atom stereocenters. The van der Waals surface area contributed by atoms with Crippen molar-refractivity contribution in [2.75, 3.05) is 20.2 Å². The fraction of sp³-hybridized carbons (Fsp3) is 0.389. The van der Waals surface area contributed by atoms with Gasteiger partial charge in [0.25, 0.3) is 0 Å². The normalized spacial score (nSPS) is 16.0. The zero-order valence-corrected chi connectivity index (χ0v) is 15.1. The van der Waals surface area contributed by atoms with E-state index in [0.29, 0.717) is 0 Å². The van der Waals surface area contributed by atoms with Gasteiger partial charge in [0.1, 0.15) is 10.8 Å². The average Bonchev–Trinajstić information content (AvgIpc) is 3.22. The van der Waals surface area contributed by atoms with Gasteiger partial charge in [-0.1, -0.05) is 36.0 Å². The molecular weight excluding hydrogens is 334 g/mol. The van der Waals surface area contributed by atoms with Crippen LogP contribution < -0.4 is 4.74 Å². The second kappa shape index (κ2) is 7.33. The van der Waals surface area contributed by atoms with Crippen LogP contribution in [0.1, 0.15) is 35.7 Å². The highest BCUT2D eigenvalue weighted by Crippen LogP contribution is 2.22. The van der Waals surface area contributed by atoms with Crippen molar-refractivity contribution in [2.45, 2.75) is 25.8 Å². The Labute approximate surface area is 150 Å². The molecular formula is C18H21N5OS. The SMILES string of the molecule is COc1ccccc1/C=C\c1nn2c(CN3CCCCC3)nnc2s1. The topological polar surface area (TPSA) is 55.6 Å². The average molecular weight is 355 g/mol. The van der Waals surface area contributed by atoms with Crippen molar-refractivity contribution in [3.8, 4) is 5.75 Å². The third-order valence-corrected chi connectivity index (χ3v) is 5.29. The monoisotopic (exact) mass is 355 g/mol. The largest absolute Gasteiger partial charge is 0.496 e. The molecule has 1 aliphatic rings. The Morgan fingerprint density at radius 2 is 1.96 bits per heavy atom. The molecule has 3 aromatic rings. The van der Waals surface area contributed by atoms with Crippen molar-refractivity contribution in [1.82, 2.24) is 24.7 Å². The Morgan fingerprint density at radius 1 is 1.12 bits per heavy atom. The lowest BCUT2D eigenvalue weighted by Gasteiger charge is -2.25. The number of aromatic nitrogens is 4. The molecule has 6 nitrogen and oxygen atoms in total. The number of fused-ring (bicyclic) bond motifs is 1. The molecule has 0 bridgehead atoms. The van der Waals surface area contributed by atoms with E-state index in [1.54, 1.807) is 18.4 Å². The van der Waals surface area contributed by atoms with Crippen LogP contribution in [-0.4, -0.2) is 44.9 Å². The van der Waals surface area contributed by atoms with Crippen LogP contribution in [0.5, 0.6) is 5.75 Å². The molecule has 0 aliphatic carbocycles. The van der Waals surface area contributed by atoms with E-state index in [9.17, 15) is 0 Å². The summed E-state index contributed by atoms with van der Waals surface area (Å²) in [5.41, 5.74) is 1.03. The minimum Gasteiger partial charge on any atom is -0.496 e. The van der Waals surface area contributed by atoms with Gasteiger partial charge < -0.3 is 4.74 Å². The Hall–Kier alpha value is -2.25. The van der Waals surface area contributed by atoms with Gasteiger partial charge in [0.15, 0.2) is 5.82 Å². The lowest BCUT2D eigenvalue weighted by molar-refractivity contribution is 0.214. The fourth-order valence-electron chi connectivity index (χ4n) is 3.12. The van der Waals surface area contributed by atoms with Crippen LogP contribution in [0.4, 0.5) is 0 Å². The molecule has 0 radical (unpaired) electrons. The molecule has 0 atom stereocenters. The number of ether oxygens (including phenoxy) is 1. The summed E-state index contributed by atoms with van der Waals surface area (Å²) in [6, 6.07) is 7.94. The first kappa shape index (κ1) is 16.2. The van der Waals surface area contributed by atoms with Crippen LogP contribution in [-0.2, 0) is 6.54 Å². The van der Waals surface area contributed by atoms with Crippen LogP contribution in [0.25, 0.3) is 17.1 Å². The number of hydrogen-bond acceptors (Lipinski definition) is 6. The molecule has 3 heterocycles. The van der Waals surface area contributed by atoms with E-state index < -0.39 is 0 Å². The van der Waals surface area contributed by atoms with Gasteiger partial charge in [0.2, 0.25) is 4.96 Å². The van der Waals surface area contributed by atoms with Gasteiger partial charge in [-0.25, -0.2) is 0 Å². The number of methoxy groups -OCH3 is 1. The quantitative estimate of drug-likeness (QED) is 0.702. The smallest absolute Gasteiger partial charge is 0.235 e. The molecule has 0 saturated carbocycles. The number of likely N-dealkylation sites (tertiary alicyclic amines) is 1. The maximum atomic E-state index is 5.38. The molecule has 1 aromatic carbocycles. The van der Waals surface area contributed by atoms with Gasteiger partial charge in [-0.15, -0.1) is 10.2 Å². The third-order valence-electron chi connectivity index (χ3n) is 4.43. The van der Waals surface area contributed by atoms with Crippen molar-refractivity contribution in [2.24, 2.45) is 0 Å². The second-order valence-corrected chi connectivity index (χ2v) is 7.15. The maximum Gasteiger partial charge on any atom is 0.235 e. The Balaban J connectivity index is 1.54. The predicted molar refractivity (Wildman–Crippen MR) is 99.7 cm³/mol. The summed E-state index contributed by atoms with van der Waals surface area (Å²) in [4.78, 5) is 3.27. The van der Waals surface area contributed by atoms with Crippen LogP contribution in [0.3, 0.4) is 0 Å². The molecule has 25 heavy (non-hydrogen) atoms. The molecule has 4 rings (SSSR count). The standard InChI is InChI=1S/C18H21N5OS/c1-24-15-8-4-3-7-14(15)9-10-17-21-23-16(19-20-18(23)25-17)13-22-11-5-2-6-12-22/h3-4,7-10H,2,5-6,11-13H2,1H3/b10-9-. The van der Waals surface area contributed by atoms with Crippen LogP contribution in [0, 0.1) is 0 Å². The van der Waals surface area contributed by atoms with Gasteiger partial charge in [-0.05, 0) is 44.1 Å². The third kappa shape index (κ3) is 3.57. The van der Waals surface area contributed by atoms with Crippen molar-refractivity contribution >= 4 is 28.4 Å². The number of hydrogen-bond donors (Lipinski definition) is 0. The number of piperidine rings is 1. The van der Waals surface area contributed by atoms with Gasteiger partial charge in [0, 0.05) is 5.56 Å². The molecule has 1 saturated heterocycles. The summed E-state index contributed by atoms with van der Waals surface area (Å²) in [5, 5.41) is 14.2. The Bertz CT molecular complexity index is 879. The lowest BCUT2D eigenvalue weighted by Crippen LogP contribution is -2.30. The first-order valence-corrected chi connectivity index (χ1v) is 9.40. The summed E-state index contributed by atoms with van der Waals surface area (Å²) >= 11 is 1.54. The molecule has 7 heteroatoms. The van der Waals surface area contributed by atoms with Crippen LogP contribution in [0.15, 0.2) is 24.3 Å². The molecule has 130 valence electrons. The predicted octanol–water partition coefficient (Wildman–Crippen LogP) is 3.35. The first-order chi connectivity index (χ1) is 12.3. The summed E-state index contributed by atoms with van der Waals surface area (Å²) in [6.07, 6.45) is 7.90. The van der Waals surface area contributed by atoms with Crippen molar-refractivity contribution in [1.29, 1.82) is 0 Å². The Morgan fingerprint density at radius 3 is 2.80 bits per heavy atom. The molecule has 0 spiro atoms. The molecule has 2 aromatic heterocycles. The molecule has 1 aliphatic heterocycles. The van der Waals surface area contributed by atoms with E-state index in [2.05, 4.69) is 20.2 Å². The minimum absolute atomic E-state index is 0.820. The van der Waals surface area contributed by atoms with Gasteiger partial charge >= 0.3 is 0 Å². The summed E-state index contributed by atoms with van der Waals surface area (Å²) < 4.78 is 7.26. The van der Waals surface area contributed by atoms with Gasteiger partial charge in [-0.3, -0.25) is 4.90 Å². The zero-order chi connectivity index (χ0) is 17.1. The van der Waals surface area contributed by atoms with Gasteiger partial charge in [0.05, 0.1) is 13.7 Å². The van der Waals surface area contributed by atoms with E-state index in [4.69, 9.17) is 4.74 Å². The summed E-state index contributed by atoms with van der Waals surface area (Å²) in [7, 11) is 1.68. The number of para-hydroxylation sites is 1. The highest BCUT2D eigenvalue weighted by molar-refractivity contribution is 7.17. The van der Waals surface area contributed by atoms with E-state index >= 15 is 0 Å². The number of benzene rings is 1. The first-order valence-electron chi connectivity index (χ1n) is 8.58. The van der Waals surface area contributed by atoms with Crippen molar-refractivity contribution in [3.63, 3.8) is 0 Å². The van der Waals surface area contributed by atoms with Gasteiger partial charge in [-0.2, -0.15) is 9.61 Å². The van der Waals surface area contributed by atoms with E-state index in [0.717, 1.165) is 46.7 Å². The summed E-state index contributed by atoms with van der Waals surface area (Å²) in [5.74, 6) is 1.78. The maximum absolute atomic E-state index is 5.38. The molecule has 1 fully saturated rings. The van der Waals surface area contributed by atoms with Crippen molar-refractivity contribution in [3.05, 3.63) is 40.7 Å². The number of nitrogens with zero attached hydrogens (tertiary/aromatic N) is 5. The van der Waals surface area contributed by atoms with Crippen LogP contribution in [0.2, 0.25) is 0 Å². The van der Waals surface area contributed by atoms with E-state index in [-0.39, 0.29) is 0 Å². The highest BCUT2D eigenvalue weighted by atomic mass is 32.1. The second-order valence-electron chi connectivity index (χ2n) is 6.16. The summed E-state index contributed by atoms with van der Waals surface area (Å²) in [6.45, 7) is 3.10. The van der Waals surface area contributed by atoms with Crippen molar-refractivity contribution < 1.29 is 4.74 Å². The van der Waals surface area contributed by atoms with E-state index in [1.165, 1.54) is 19.3 Å². The minimum atomic E-state index is 0.820. The fourth-order valence-corrected chi connectivity index (χ4v) is 3.88. The lowest BCUT2D eigenvalue weighted by atomic mass is 10.1. The van der Waals surface area contributed by atoms with E-state index in [1.807, 2.05) is 40.9 Å². The molecule has 0 N–H and O–H groups in total. The Kier molecular flexibility index (Phi) is 4.76. The zero-order valence-electron chi connectivity index (χ0n) is 14.3. The van der Waals surface area contributed by atoms with Crippen LogP contribution >= 0.6 is 11.3 Å². The molecule has 0 amide bonds.